The maximum Gasteiger partial charge on any atom is 0.268 e. The zero-order valence-corrected chi connectivity index (χ0v) is 22.3. The van der Waals surface area contributed by atoms with Crippen LogP contribution >= 0.6 is 0 Å². The molecule has 12 nitrogen and oxygen atoms in total. The van der Waals surface area contributed by atoms with Gasteiger partial charge in [-0.05, 0) is 37.3 Å². The summed E-state index contributed by atoms with van der Waals surface area (Å²) in [5.74, 6) is 0.847. The Bertz CT molecular complexity index is 1460. The predicted octanol–water partition coefficient (Wildman–Crippen LogP) is 1.45. The normalized spacial score (nSPS) is 18.4. The number of nitrogens with one attached hydrogen (secondary N) is 1. The fourth-order valence-corrected chi connectivity index (χ4v) is 5.02. The van der Waals surface area contributed by atoms with Crippen LogP contribution in [0.2, 0.25) is 0 Å². The summed E-state index contributed by atoms with van der Waals surface area (Å²) in [5.41, 5.74) is 1.78. The predicted molar refractivity (Wildman–Crippen MR) is 142 cm³/mol. The van der Waals surface area contributed by atoms with Crippen molar-refractivity contribution in [3.8, 4) is 17.0 Å². The summed E-state index contributed by atoms with van der Waals surface area (Å²) >= 11 is 0. The van der Waals surface area contributed by atoms with Crippen LogP contribution in [0.3, 0.4) is 0 Å². The Morgan fingerprint density at radius 3 is 2.53 bits per heavy atom. The number of hydrogen-bond acceptors (Lipinski definition) is 11. The van der Waals surface area contributed by atoms with Crippen molar-refractivity contribution < 1.29 is 27.4 Å². The number of hydrogen-bond donors (Lipinski definition) is 1. The van der Waals surface area contributed by atoms with E-state index < -0.39 is 15.9 Å². The molecule has 3 aromatic rings. The number of carbonyl (C=O) groups excluding carboxylic acids is 1. The van der Waals surface area contributed by atoms with Crippen molar-refractivity contribution in [3.63, 3.8) is 0 Å². The van der Waals surface area contributed by atoms with Gasteiger partial charge in [-0.3, -0.25) is 4.79 Å². The Hall–Kier alpha value is -3.55. The van der Waals surface area contributed by atoms with Gasteiger partial charge in [-0.25, -0.2) is 18.1 Å². The molecule has 1 aromatic carbocycles. The van der Waals surface area contributed by atoms with Crippen molar-refractivity contribution in [1.29, 1.82) is 0 Å². The lowest BCUT2D eigenvalue weighted by Crippen LogP contribution is -2.44. The zero-order chi connectivity index (χ0) is 26.9. The molecule has 5 rings (SSSR count). The fourth-order valence-electron chi connectivity index (χ4n) is 4.58. The lowest BCUT2D eigenvalue weighted by Gasteiger charge is -2.35. The molecule has 2 saturated heterocycles. The van der Waals surface area contributed by atoms with Crippen LogP contribution in [0.4, 0.5) is 11.8 Å². The minimum Gasteiger partial charge on any atom is -0.496 e. The van der Waals surface area contributed by atoms with Gasteiger partial charge >= 0.3 is 0 Å². The first-order valence-corrected chi connectivity index (χ1v) is 14.2. The van der Waals surface area contributed by atoms with Gasteiger partial charge in [0.2, 0.25) is 16.0 Å². The van der Waals surface area contributed by atoms with Gasteiger partial charge in [0.1, 0.15) is 11.6 Å². The third-order valence-electron chi connectivity index (χ3n) is 6.48. The third-order valence-corrected chi connectivity index (χ3v) is 7.04. The summed E-state index contributed by atoms with van der Waals surface area (Å²) in [6, 6.07) is 8.84. The van der Waals surface area contributed by atoms with Crippen molar-refractivity contribution >= 4 is 38.7 Å². The molecule has 2 aliphatic heterocycles. The third kappa shape index (κ3) is 5.49. The van der Waals surface area contributed by atoms with Gasteiger partial charge in [0, 0.05) is 25.2 Å². The van der Waals surface area contributed by atoms with E-state index in [0.717, 1.165) is 17.5 Å². The number of aromatic nitrogens is 3. The minimum absolute atomic E-state index is 0.0804. The fraction of sp³-hybridized carbons (Fsp3) is 0.440. The van der Waals surface area contributed by atoms with Crippen LogP contribution in [-0.4, -0.2) is 94.7 Å². The van der Waals surface area contributed by atoms with Gasteiger partial charge in [-0.1, -0.05) is 0 Å². The standard InChI is InChI=1S/C25H30N6O6S/c1-16-15-37-13-10-31(16)23-18-5-6-20(26-22(18)27-25(28-23)30-8-11-36-12-9-30)17-4-7-21(35-2)19(14-17)24(32)29-38(3,33)34/h4-7,14,16H,8-13,15H2,1-3H3,(H,29,32)/t16-/m0/s1. The first kappa shape index (κ1) is 26.1. The van der Waals surface area contributed by atoms with E-state index >= 15 is 0 Å². The molecular formula is C25H30N6O6S. The van der Waals surface area contributed by atoms with E-state index in [2.05, 4.69) is 16.7 Å². The Labute approximate surface area is 221 Å². The molecule has 1 N–H and O–H groups in total. The van der Waals surface area contributed by atoms with Crippen LogP contribution in [0.15, 0.2) is 30.3 Å². The molecule has 2 aliphatic rings. The second kappa shape index (κ2) is 10.7. The van der Waals surface area contributed by atoms with Gasteiger partial charge < -0.3 is 24.0 Å². The Balaban J connectivity index is 1.60. The number of methoxy groups -OCH3 is 1. The van der Waals surface area contributed by atoms with Crippen LogP contribution < -0.4 is 19.3 Å². The lowest BCUT2D eigenvalue weighted by atomic mass is 10.1. The molecule has 2 aromatic heterocycles. The minimum atomic E-state index is -3.75. The second-order valence-corrected chi connectivity index (χ2v) is 11.0. The summed E-state index contributed by atoms with van der Waals surface area (Å²) in [4.78, 5) is 31.6. The molecule has 1 amide bonds. The smallest absolute Gasteiger partial charge is 0.268 e. The molecule has 38 heavy (non-hydrogen) atoms. The van der Waals surface area contributed by atoms with Crippen LogP contribution in [0, 0.1) is 0 Å². The van der Waals surface area contributed by atoms with Crippen molar-refractivity contribution in [2.75, 3.05) is 69.2 Å². The number of rotatable bonds is 6. The topological polar surface area (TPSA) is 136 Å². The largest absolute Gasteiger partial charge is 0.496 e. The summed E-state index contributed by atoms with van der Waals surface area (Å²) in [7, 11) is -2.34. The van der Waals surface area contributed by atoms with Gasteiger partial charge in [0.15, 0.2) is 5.65 Å². The highest BCUT2D eigenvalue weighted by molar-refractivity contribution is 7.89. The maximum absolute atomic E-state index is 12.7. The first-order valence-electron chi connectivity index (χ1n) is 12.3. The van der Waals surface area contributed by atoms with Gasteiger partial charge in [0.25, 0.3) is 5.91 Å². The summed E-state index contributed by atoms with van der Waals surface area (Å²) in [6.45, 7) is 6.58. The first-order chi connectivity index (χ1) is 18.2. The van der Waals surface area contributed by atoms with Crippen LogP contribution in [0.5, 0.6) is 5.75 Å². The Kier molecular flexibility index (Phi) is 7.32. The van der Waals surface area contributed by atoms with E-state index in [9.17, 15) is 13.2 Å². The molecule has 1 atom stereocenters. The highest BCUT2D eigenvalue weighted by Gasteiger charge is 2.26. The molecular weight excluding hydrogens is 512 g/mol. The number of pyridine rings is 1. The molecule has 0 aliphatic carbocycles. The van der Waals surface area contributed by atoms with E-state index in [0.29, 0.717) is 68.9 Å². The summed E-state index contributed by atoms with van der Waals surface area (Å²) in [5, 5.41) is 0.808. The molecule has 0 bridgehead atoms. The maximum atomic E-state index is 12.7. The van der Waals surface area contributed by atoms with Gasteiger partial charge in [-0.15, -0.1) is 0 Å². The van der Waals surface area contributed by atoms with Gasteiger partial charge in [-0.2, -0.15) is 9.97 Å². The van der Waals surface area contributed by atoms with Crippen LogP contribution in [0.25, 0.3) is 22.3 Å². The number of fused-ring (bicyclic) bond motifs is 1. The van der Waals surface area contributed by atoms with Crippen molar-refractivity contribution in [1.82, 2.24) is 19.7 Å². The Morgan fingerprint density at radius 2 is 1.82 bits per heavy atom. The van der Waals surface area contributed by atoms with Crippen LogP contribution in [-0.2, 0) is 19.5 Å². The number of carbonyl (C=O) groups is 1. The number of benzene rings is 1. The van der Waals surface area contributed by atoms with E-state index in [4.69, 9.17) is 29.2 Å². The quantitative estimate of drug-likeness (QED) is 0.485. The van der Waals surface area contributed by atoms with Crippen molar-refractivity contribution in [3.05, 3.63) is 35.9 Å². The van der Waals surface area contributed by atoms with Crippen molar-refractivity contribution in [2.45, 2.75) is 13.0 Å². The van der Waals surface area contributed by atoms with E-state index in [1.54, 1.807) is 18.2 Å². The molecule has 2 fully saturated rings. The number of ether oxygens (including phenoxy) is 3. The highest BCUT2D eigenvalue weighted by atomic mass is 32.2. The average molecular weight is 543 g/mol. The van der Waals surface area contributed by atoms with E-state index in [1.165, 1.54) is 7.11 Å². The zero-order valence-electron chi connectivity index (χ0n) is 21.5. The average Bonchev–Trinajstić information content (AvgIpc) is 2.91. The van der Waals surface area contributed by atoms with E-state index in [-0.39, 0.29) is 17.4 Å². The van der Waals surface area contributed by atoms with Crippen LogP contribution in [0.1, 0.15) is 17.3 Å². The highest BCUT2D eigenvalue weighted by Crippen LogP contribution is 2.32. The number of sulfonamides is 1. The summed E-state index contributed by atoms with van der Waals surface area (Å²) in [6.07, 6.45) is 0.921. The summed E-state index contributed by atoms with van der Waals surface area (Å²) < 4.78 is 41.7. The van der Waals surface area contributed by atoms with Crippen molar-refractivity contribution in [2.24, 2.45) is 0 Å². The second-order valence-electron chi connectivity index (χ2n) is 9.25. The molecule has 13 heteroatoms. The number of nitrogens with zero attached hydrogens (tertiary/aromatic N) is 5. The number of morpholine rings is 2. The molecule has 0 saturated carbocycles. The SMILES string of the molecule is COc1ccc(-c2ccc3c(N4CCOC[C@@H]4C)nc(N4CCOCC4)nc3n2)cc1C(=O)NS(C)(=O)=O. The molecule has 202 valence electrons. The number of amides is 1. The molecule has 4 heterocycles. The lowest BCUT2D eigenvalue weighted by molar-refractivity contribution is 0.0978. The number of anilines is 2. The molecule has 0 unspecified atom stereocenters. The van der Waals surface area contributed by atoms with E-state index in [1.807, 2.05) is 16.9 Å². The molecule has 0 radical (unpaired) electrons. The molecule has 0 spiro atoms. The monoisotopic (exact) mass is 542 g/mol. The Morgan fingerprint density at radius 1 is 1.05 bits per heavy atom. The van der Waals surface area contributed by atoms with Gasteiger partial charge in [0.05, 0.1) is 62.5 Å².